The van der Waals surface area contributed by atoms with Gasteiger partial charge in [-0.1, -0.05) is 13.0 Å². The van der Waals surface area contributed by atoms with Crippen molar-refractivity contribution in [3.63, 3.8) is 0 Å². The maximum atomic E-state index is 11.2. The van der Waals surface area contributed by atoms with E-state index in [1.165, 1.54) is 0 Å². The van der Waals surface area contributed by atoms with Crippen molar-refractivity contribution in [2.45, 2.75) is 19.8 Å². The topological polar surface area (TPSA) is 76.4 Å². The lowest BCUT2D eigenvalue weighted by Crippen LogP contribution is -2.33. The molecule has 20 heavy (non-hydrogen) atoms. The van der Waals surface area contributed by atoms with E-state index in [1.807, 2.05) is 6.07 Å². The van der Waals surface area contributed by atoms with E-state index < -0.39 is 0 Å². The quantitative estimate of drug-likeness (QED) is 0.640. The highest BCUT2D eigenvalue weighted by Gasteiger charge is 2.28. The van der Waals surface area contributed by atoms with E-state index in [2.05, 4.69) is 17.6 Å². The van der Waals surface area contributed by atoms with Crippen LogP contribution >= 0.6 is 0 Å². The lowest BCUT2D eigenvalue weighted by molar-refractivity contribution is -0.383. The molecule has 110 valence electrons. The molecule has 0 atom stereocenters. The summed E-state index contributed by atoms with van der Waals surface area (Å²) in [7, 11) is 1.69. The lowest BCUT2D eigenvalue weighted by Gasteiger charge is -2.33. The van der Waals surface area contributed by atoms with Crippen LogP contribution in [0.1, 0.15) is 19.8 Å². The van der Waals surface area contributed by atoms with Crippen molar-refractivity contribution in [2.24, 2.45) is 5.41 Å². The molecule has 2 N–H and O–H groups in total. The molecule has 0 radical (unpaired) electrons. The van der Waals surface area contributed by atoms with Crippen molar-refractivity contribution in [1.82, 2.24) is 0 Å². The molecule has 0 bridgehead atoms. The summed E-state index contributed by atoms with van der Waals surface area (Å²) in [6, 6.07) is 5.27. The Morgan fingerprint density at radius 2 is 2.00 bits per heavy atom. The van der Waals surface area contributed by atoms with Crippen LogP contribution in [0.2, 0.25) is 0 Å². The maximum Gasteiger partial charge on any atom is 0.315 e. The molecule has 1 saturated heterocycles. The number of anilines is 2. The Balaban J connectivity index is 2.14. The summed E-state index contributed by atoms with van der Waals surface area (Å²) in [6.45, 7) is 4.42. The summed E-state index contributed by atoms with van der Waals surface area (Å²) in [6.07, 6.45) is 1.94. The second kappa shape index (κ2) is 6.09. The summed E-state index contributed by atoms with van der Waals surface area (Å²) in [4.78, 5) is 10.9. The number of para-hydroxylation sites is 1. The zero-order valence-electron chi connectivity index (χ0n) is 11.9. The molecule has 0 spiro atoms. The van der Waals surface area contributed by atoms with Crippen molar-refractivity contribution in [2.75, 3.05) is 37.4 Å². The number of hydrogen-bond acceptors (Lipinski definition) is 5. The predicted octanol–water partition coefficient (Wildman–Crippen LogP) is 2.87. The molecule has 6 heteroatoms. The first-order valence-electron chi connectivity index (χ1n) is 6.82. The summed E-state index contributed by atoms with van der Waals surface area (Å²) < 4.78 is 5.37. The van der Waals surface area contributed by atoms with E-state index in [1.54, 1.807) is 19.2 Å². The average molecular weight is 279 g/mol. The zero-order valence-corrected chi connectivity index (χ0v) is 11.9. The van der Waals surface area contributed by atoms with Crippen LogP contribution in [0, 0.1) is 15.5 Å². The first kappa shape index (κ1) is 14.6. The molecule has 6 nitrogen and oxygen atoms in total. The van der Waals surface area contributed by atoms with Gasteiger partial charge in [0.25, 0.3) is 0 Å². The fraction of sp³-hybridized carbons (Fsp3) is 0.571. The van der Waals surface area contributed by atoms with E-state index >= 15 is 0 Å². The molecule has 1 aliphatic rings. The summed E-state index contributed by atoms with van der Waals surface area (Å²) in [5.74, 6) is 0. The number of nitro groups is 1. The Hall–Kier alpha value is -1.82. The molecule has 1 fully saturated rings. The molecular formula is C14H21N3O3. The summed E-state index contributed by atoms with van der Waals surface area (Å²) in [5, 5.41) is 17.3. The molecule has 1 aromatic rings. The first-order chi connectivity index (χ1) is 9.56. The van der Waals surface area contributed by atoms with Crippen LogP contribution in [0.15, 0.2) is 18.2 Å². The van der Waals surface area contributed by atoms with Gasteiger partial charge in [-0.25, -0.2) is 0 Å². The molecule has 1 heterocycles. The van der Waals surface area contributed by atoms with Crippen LogP contribution in [0.25, 0.3) is 0 Å². The van der Waals surface area contributed by atoms with E-state index in [9.17, 15) is 10.1 Å². The Bertz CT molecular complexity index is 485. The van der Waals surface area contributed by atoms with Crippen molar-refractivity contribution in [3.05, 3.63) is 28.3 Å². The van der Waals surface area contributed by atoms with Gasteiger partial charge in [0.15, 0.2) is 0 Å². The third kappa shape index (κ3) is 3.19. The van der Waals surface area contributed by atoms with Gasteiger partial charge >= 0.3 is 5.69 Å². The highest BCUT2D eigenvalue weighted by Crippen LogP contribution is 2.35. The first-order valence-corrected chi connectivity index (χ1v) is 6.82. The smallest absolute Gasteiger partial charge is 0.315 e. The SMILES string of the molecule is CNc1cccc(NCC2(C)CCOCC2)c1[N+](=O)[O-]. The molecule has 0 unspecified atom stereocenters. The van der Waals surface area contributed by atoms with Gasteiger partial charge in [0.2, 0.25) is 0 Å². The van der Waals surface area contributed by atoms with E-state index in [0.717, 1.165) is 26.1 Å². The number of benzene rings is 1. The Morgan fingerprint density at radius 3 is 2.60 bits per heavy atom. The van der Waals surface area contributed by atoms with Gasteiger partial charge < -0.3 is 15.4 Å². The molecule has 0 aliphatic carbocycles. The van der Waals surface area contributed by atoms with E-state index in [-0.39, 0.29) is 16.0 Å². The Kier molecular flexibility index (Phi) is 4.44. The Morgan fingerprint density at radius 1 is 1.35 bits per heavy atom. The average Bonchev–Trinajstić information content (AvgIpc) is 2.45. The normalized spacial score (nSPS) is 17.5. The number of nitro benzene ring substituents is 1. The van der Waals surface area contributed by atoms with Crippen LogP contribution in [0.5, 0.6) is 0 Å². The molecular weight excluding hydrogens is 258 g/mol. The minimum absolute atomic E-state index is 0.102. The summed E-state index contributed by atoms with van der Waals surface area (Å²) in [5.41, 5.74) is 1.32. The lowest BCUT2D eigenvalue weighted by atomic mass is 9.82. The van der Waals surface area contributed by atoms with Gasteiger partial charge in [0.05, 0.1) is 4.92 Å². The highest BCUT2D eigenvalue weighted by atomic mass is 16.6. The van der Waals surface area contributed by atoms with Crippen LogP contribution < -0.4 is 10.6 Å². The third-order valence-electron chi connectivity index (χ3n) is 3.89. The fourth-order valence-corrected chi connectivity index (χ4v) is 2.43. The molecule has 1 aliphatic heterocycles. The monoisotopic (exact) mass is 279 g/mol. The van der Waals surface area contributed by atoms with Gasteiger partial charge in [-0.2, -0.15) is 0 Å². The number of nitrogens with zero attached hydrogens (tertiary/aromatic N) is 1. The fourth-order valence-electron chi connectivity index (χ4n) is 2.43. The minimum Gasteiger partial charge on any atom is -0.382 e. The number of nitrogens with one attached hydrogen (secondary N) is 2. The number of rotatable bonds is 5. The van der Waals surface area contributed by atoms with Gasteiger partial charge in [-0.15, -0.1) is 0 Å². The Labute approximate surface area is 118 Å². The van der Waals surface area contributed by atoms with Gasteiger partial charge in [0.1, 0.15) is 11.4 Å². The second-order valence-electron chi connectivity index (χ2n) is 5.49. The van der Waals surface area contributed by atoms with Crippen molar-refractivity contribution in [1.29, 1.82) is 0 Å². The second-order valence-corrected chi connectivity index (χ2v) is 5.49. The van der Waals surface area contributed by atoms with Crippen molar-refractivity contribution >= 4 is 17.1 Å². The van der Waals surface area contributed by atoms with Crippen LogP contribution in [-0.2, 0) is 4.74 Å². The molecule has 2 rings (SSSR count). The largest absolute Gasteiger partial charge is 0.382 e. The van der Waals surface area contributed by atoms with Crippen molar-refractivity contribution in [3.8, 4) is 0 Å². The van der Waals surface area contributed by atoms with E-state index in [0.29, 0.717) is 17.9 Å². The number of hydrogen-bond donors (Lipinski definition) is 2. The molecule has 1 aromatic carbocycles. The van der Waals surface area contributed by atoms with Crippen molar-refractivity contribution < 1.29 is 9.66 Å². The minimum atomic E-state index is -0.347. The van der Waals surface area contributed by atoms with Gasteiger partial charge in [0, 0.05) is 26.8 Å². The standard InChI is InChI=1S/C14H21N3O3/c1-14(6-8-20-9-7-14)10-16-12-5-3-4-11(15-2)13(12)17(18)19/h3-5,15-16H,6-10H2,1-2H3. The highest BCUT2D eigenvalue weighted by molar-refractivity contribution is 5.76. The van der Waals surface area contributed by atoms with Crippen LogP contribution in [-0.4, -0.2) is 31.7 Å². The van der Waals surface area contributed by atoms with Crippen LogP contribution in [0.3, 0.4) is 0 Å². The van der Waals surface area contributed by atoms with Gasteiger partial charge in [-0.05, 0) is 30.4 Å². The third-order valence-corrected chi connectivity index (χ3v) is 3.89. The van der Waals surface area contributed by atoms with Crippen LogP contribution in [0.4, 0.5) is 17.1 Å². The molecule has 0 aromatic heterocycles. The van der Waals surface area contributed by atoms with Gasteiger partial charge in [-0.3, -0.25) is 10.1 Å². The number of ether oxygens (including phenoxy) is 1. The molecule has 0 saturated carbocycles. The molecule has 0 amide bonds. The predicted molar refractivity (Wildman–Crippen MR) is 79.3 cm³/mol. The van der Waals surface area contributed by atoms with E-state index in [4.69, 9.17) is 4.74 Å². The zero-order chi connectivity index (χ0) is 14.6. The maximum absolute atomic E-state index is 11.2. The summed E-state index contributed by atoms with van der Waals surface area (Å²) >= 11 is 0.